The van der Waals surface area contributed by atoms with Gasteiger partial charge >= 0.3 is 5.97 Å². The van der Waals surface area contributed by atoms with Gasteiger partial charge in [0.2, 0.25) is 0 Å². The minimum absolute atomic E-state index is 0.0963. The molecule has 146 valence electrons. The van der Waals surface area contributed by atoms with Crippen molar-refractivity contribution in [2.45, 2.75) is 56.0 Å². The van der Waals surface area contributed by atoms with Crippen LogP contribution in [0.5, 0.6) is 11.5 Å². The summed E-state index contributed by atoms with van der Waals surface area (Å²) in [6.07, 6.45) is 2.37. The quantitative estimate of drug-likeness (QED) is 0.288. The van der Waals surface area contributed by atoms with Gasteiger partial charge in [-0.25, -0.2) is 4.79 Å². The maximum Gasteiger partial charge on any atom is 0.331 e. The van der Waals surface area contributed by atoms with Crippen LogP contribution in [0.1, 0.15) is 37.7 Å². The van der Waals surface area contributed by atoms with Gasteiger partial charge in [-0.2, -0.15) is 0 Å². The van der Waals surface area contributed by atoms with Gasteiger partial charge in [-0.05, 0) is 49.5 Å². The summed E-state index contributed by atoms with van der Waals surface area (Å²) in [5.41, 5.74) is -1.20. The third kappa shape index (κ3) is 4.78. The molecule has 0 aromatic heterocycles. The molecule has 2 saturated carbocycles. The minimum atomic E-state index is -1.67. The summed E-state index contributed by atoms with van der Waals surface area (Å²) < 4.78 is 5.22. The molecule has 0 spiro atoms. The Bertz CT molecular complexity index is 758. The lowest BCUT2D eigenvalue weighted by Gasteiger charge is -2.37. The first-order valence-corrected chi connectivity index (χ1v) is 8.89. The van der Waals surface area contributed by atoms with Crippen molar-refractivity contribution in [1.82, 2.24) is 5.32 Å². The van der Waals surface area contributed by atoms with Crippen LogP contribution in [-0.4, -0.2) is 56.2 Å². The molecule has 8 nitrogen and oxygen atoms in total. The molecule has 0 saturated heterocycles. The number of aromatic hydroxyl groups is 2. The van der Waals surface area contributed by atoms with Crippen LogP contribution in [0, 0.1) is 0 Å². The van der Waals surface area contributed by atoms with E-state index in [9.17, 15) is 30.0 Å². The molecule has 0 bridgehead atoms. The summed E-state index contributed by atoms with van der Waals surface area (Å²) >= 11 is 0. The van der Waals surface area contributed by atoms with Gasteiger partial charge in [-0.1, -0.05) is 6.07 Å². The van der Waals surface area contributed by atoms with E-state index >= 15 is 0 Å². The van der Waals surface area contributed by atoms with E-state index in [-0.39, 0.29) is 36.8 Å². The van der Waals surface area contributed by atoms with Crippen LogP contribution in [0.25, 0.3) is 6.08 Å². The number of esters is 1. The van der Waals surface area contributed by atoms with Gasteiger partial charge in [-0.3, -0.25) is 4.79 Å². The van der Waals surface area contributed by atoms with Gasteiger partial charge in [0.25, 0.3) is 5.91 Å². The van der Waals surface area contributed by atoms with Crippen molar-refractivity contribution >= 4 is 18.0 Å². The molecule has 2 aliphatic carbocycles. The van der Waals surface area contributed by atoms with Crippen molar-refractivity contribution in [3.8, 4) is 11.5 Å². The van der Waals surface area contributed by atoms with Crippen molar-refractivity contribution < 1.29 is 34.8 Å². The molecular formula is C19H23NO7. The average Bonchev–Trinajstić information content (AvgIpc) is 3.43. The molecule has 0 heterocycles. The number of aliphatic hydroxyl groups excluding tert-OH is 1. The Morgan fingerprint density at radius 3 is 2.59 bits per heavy atom. The SMILES string of the molecule is O=C(/C=C/c1ccc(O)c(O)c1)O[C@@H]1C[C@](O)(C(=O)NC2CC2)CC[C@H]1O. The molecule has 2 fully saturated rings. The molecule has 3 atom stereocenters. The Labute approximate surface area is 156 Å². The summed E-state index contributed by atoms with van der Waals surface area (Å²) in [5, 5.41) is 42.1. The molecule has 0 aliphatic heterocycles. The fourth-order valence-electron chi connectivity index (χ4n) is 3.01. The van der Waals surface area contributed by atoms with Crippen molar-refractivity contribution in [3.05, 3.63) is 29.8 Å². The predicted molar refractivity (Wildman–Crippen MR) is 94.7 cm³/mol. The van der Waals surface area contributed by atoms with Crippen LogP contribution in [0.3, 0.4) is 0 Å². The number of hydrogen-bond donors (Lipinski definition) is 5. The van der Waals surface area contributed by atoms with E-state index in [1.54, 1.807) is 0 Å². The first-order chi connectivity index (χ1) is 12.8. The number of amides is 1. The number of phenolic OH excluding ortho intramolecular Hbond substituents is 2. The molecular weight excluding hydrogens is 354 g/mol. The highest BCUT2D eigenvalue weighted by atomic mass is 16.6. The predicted octanol–water partition coefficient (Wildman–Crippen LogP) is 0.577. The largest absolute Gasteiger partial charge is 0.504 e. The van der Waals surface area contributed by atoms with Gasteiger partial charge in [0.15, 0.2) is 11.5 Å². The lowest BCUT2D eigenvalue weighted by Crippen LogP contribution is -2.55. The number of rotatable bonds is 5. The maximum absolute atomic E-state index is 12.2. The van der Waals surface area contributed by atoms with Gasteiger partial charge in [0, 0.05) is 18.5 Å². The van der Waals surface area contributed by atoms with Crippen LogP contribution in [-0.2, 0) is 14.3 Å². The third-order valence-corrected chi connectivity index (χ3v) is 4.84. The van der Waals surface area contributed by atoms with Crippen molar-refractivity contribution in [2.24, 2.45) is 0 Å². The number of hydrogen-bond acceptors (Lipinski definition) is 7. The summed E-state index contributed by atoms with van der Waals surface area (Å²) in [5.74, 6) is -1.84. The van der Waals surface area contributed by atoms with E-state index < -0.39 is 29.7 Å². The first-order valence-electron chi connectivity index (χ1n) is 8.89. The third-order valence-electron chi connectivity index (χ3n) is 4.84. The standard InChI is InChI=1S/C19H23NO7/c21-13-5-1-11(9-15(13)23)2-6-17(24)27-16-10-19(26,8-7-14(16)22)18(25)20-12-3-4-12/h1-2,5-6,9,12,14,16,21-23,26H,3-4,7-8,10H2,(H,20,25)/b6-2+/t14-,16-,19+/m1/s1. The summed E-state index contributed by atoms with van der Waals surface area (Å²) in [7, 11) is 0. The monoisotopic (exact) mass is 377 g/mol. The van der Waals surface area contributed by atoms with Gasteiger partial charge in [0.1, 0.15) is 11.7 Å². The molecule has 0 unspecified atom stereocenters. The second-order valence-corrected chi connectivity index (χ2v) is 7.15. The van der Waals surface area contributed by atoms with Crippen LogP contribution in [0.2, 0.25) is 0 Å². The molecule has 0 radical (unpaired) electrons. The fourth-order valence-corrected chi connectivity index (χ4v) is 3.01. The maximum atomic E-state index is 12.2. The lowest BCUT2D eigenvalue weighted by atomic mass is 9.80. The van der Waals surface area contributed by atoms with E-state index in [1.807, 2.05) is 0 Å². The minimum Gasteiger partial charge on any atom is -0.504 e. The Morgan fingerprint density at radius 2 is 1.93 bits per heavy atom. The average molecular weight is 377 g/mol. The molecule has 1 aromatic carbocycles. The van der Waals surface area contributed by atoms with Crippen LogP contribution >= 0.6 is 0 Å². The molecule has 1 aromatic rings. The molecule has 27 heavy (non-hydrogen) atoms. The zero-order valence-corrected chi connectivity index (χ0v) is 14.7. The zero-order valence-electron chi connectivity index (χ0n) is 14.7. The topological polar surface area (TPSA) is 136 Å². The van der Waals surface area contributed by atoms with Crippen LogP contribution in [0.4, 0.5) is 0 Å². The van der Waals surface area contributed by atoms with Crippen LogP contribution in [0.15, 0.2) is 24.3 Å². The summed E-state index contributed by atoms with van der Waals surface area (Å²) in [4.78, 5) is 24.3. The number of benzene rings is 1. The molecule has 2 aliphatic rings. The number of ether oxygens (including phenoxy) is 1. The number of aliphatic hydroxyl groups is 2. The Balaban J connectivity index is 1.60. The molecule has 3 rings (SSSR count). The van der Waals surface area contributed by atoms with Crippen LogP contribution < -0.4 is 5.32 Å². The Morgan fingerprint density at radius 1 is 1.19 bits per heavy atom. The number of phenols is 2. The van der Waals surface area contributed by atoms with E-state index in [0.29, 0.717) is 5.56 Å². The summed E-state index contributed by atoms with van der Waals surface area (Å²) in [6.45, 7) is 0. The Hall–Kier alpha value is -2.58. The zero-order chi connectivity index (χ0) is 19.6. The first kappa shape index (κ1) is 19.2. The van der Waals surface area contributed by atoms with E-state index in [4.69, 9.17) is 4.74 Å². The van der Waals surface area contributed by atoms with Crippen molar-refractivity contribution in [1.29, 1.82) is 0 Å². The van der Waals surface area contributed by atoms with Crippen molar-refractivity contribution in [3.63, 3.8) is 0 Å². The van der Waals surface area contributed by atoms with Gasteiger partial charge < -0.3 is 30.5 Å². The number of carbonyl (C=O) groups is 2. The smallest absolute Gasteiger partial charge is 0.331 e. The normalized spacial score (nSPS) is 28.1. The Kier molecular flexibility index (Phi) is 5.38. The highest BCUT2D eigenvalue weighted by Gasteiger charge is 2.46. The lowest BCUT2D eigenvalue weighted by molar-refractivity contribution is -0.169. The second kappa shape index (κ2) is 7.58. The highest BCUT2D eigenvalue weighted by Crippen LogP contribution is 2.32. The van der Waals surface area contributed by atoms with E-state index in [2.05, 4.69) is 5.32 Å². The summed E-state index contributed by atoms with van der Waals surface area (Å²) in [6, 6.07) is 4.15. The van der Waals surface area contributed by atoms with E-state index in [1.165, 1.54) is 24.3 Å². The van der Waals surface area contributed by atoms with Gasteiger partial charge in [-0.15, -0.1) is 0 Å². The number of carbonyl (C=O) groups excluding carboxylic acids is 2. The number of nitrogens with one attached hydrogen (secondary N) is 1. The van der Waals surface area contributed by atoms with Gasteiger partial charge in [0.05, 0.1) is 6.10 Å². The fraction of sp³-hybridized carbons (Fsp3) is 0.474. The van der Waals surface area contributed by atoms with Crippen molar-refractivity contribution in [2.75, 3.05) is 0 Å². The van der Waals surface area contributed by atoms with E-state index in [0.717, 1.165) is 18.9 Å². The molecule has 5 N–H and O–H groups in total. The highest BCUT2D eigenvalue weighted by molar-refractivity contribution is 5.88. The second-order valence-electron chi connectivity index (χ2n) is 7.15. The molecule has 1 amide bonds. The molecule has 8 heteroatoms.